The molecule has 0 saturated carbocycles. The van der Waals surface area contributed by atoms with Crippen molar-refractivity contribution in [2.75, 3.05) is 6.61 Å². The van der Waals surface area contributed by atoms with Crippen LogP contribution in [-0.4, -0.2) is 12.6 Å². The fourth-order valence-electron chi connectivity index (χ4n) is 1.24. The number of carbonyl (C=O) groups is 1. The Morgan fingerprint density at radius 3 is 2.24 bits per heavy atom. The molecule has 0 aliphatic carbocycles. The van der Waals surface area contributed by atoms with E-state index in [0.717, 1.165) is 6.07 Å². The Hall–Kier alpha value is -1.04. The van der Waals surface area contributed by atoms with E-state index in [1.165, 1.54) is 6.07 Å². The quantitative estimate of drug-likeness (QED) is 0.781. The van der Waals surface area contributed by atoms with Crippen molar-refractivity contribution < 1.29 is 22.7 Å². The number of ether oxygens (including phenoxy) is 1. The van der Waals surface area contributed by atoms with Crippen molar-refractivity contribution in [2.24, 2.45) is 0 Å². The minimum absolute atomic E-state index is 0.208. The maximum atomic E-state index is 12.4. The van der Waals surface area contributed by atoms with E-state index in [0.29, 0.717) is 16.2 Å². The van der Waals surface area contributed by atoms with Gasteiger partial charge >= 0.3 is 12.1 Å². The second-order valence-corrected chi connectivity index (χ2v) is 5.09. The molecule has 1 aromatic rings. The van der Waals surface area contributed by atoms with Crippen molar-refractivity contribution in [1.29, 1.82) is 0 Å². The summed E-state index contributed by atoms with van der Waals surface area (Å²) in [7, 11) is 0. The molecular weight excluding hydrogens is 253 g/mol. The monoisotopic (exact) mass is 266 g/mol. The van der Waals surface area contributed by atoms with Gasteiger partial charge in [0.05, 0.1) is 12.0 Å². The lowest BCUT2D eigenvalue weighted by Gasteiger charge is -2.20. The molecule has 0 amide bonds. The Morgan fingerprint density at radius 1 is 1.29 bits per heavy atom. The molecule has 0 radical (unpaired) electrons. The van der Waals surface area contributed by atoms with Gasteiger partial charge in [-0.1, -0.05) is 0 Å². The van der Waals surface area contributed by atoms with Crippen LogP contribution in [0.2, 0.25) is 0 Å². The molecule has 0 fully saturated rings. The highest BCUT2D eigenvalue weighted by Gasteiger charge is 2.37. The lowest BCUT2D eigenvalue weighted by Crippen LogP contribution is -2.30. The lowest BCUT2D eigenvalue weighted by atomic mass is 9.92. The first kappa shape index (κ1) is 14.0. The van der Waals surface area contributed by atoms with Crippen LogP contribution in [0.5, 0.6) is 0 Å². The van der Waals surface area contributed by atoms with Gasteiger partial charge in [0.25, 0.3) is 0 Å². The van der Waals surface area contributed by atoms with Gasteiger partial charge in [-0.3, -0.25) is 4.79 Å². The predicted molar refractivity (Wildman–Crippen MR) is 59.0 cm³/mol. The molecule has 1 rings (SSSR count). The van der Waals surface area contributed by atoms with Crippen molar-refractivity contribution in [3.05, 3.63) is 21.9 Å². The molecule has 0 saturated heterocycles. The lowest BCUT2D eigenvalue weighted by molar-refractivity contribution is -0.148. The molecule has 6 heteroatoms. The van der Waals surface area contributed by atoms with Gasteiger partial charge in [-0.2, -0.15) is 13.2 Å². The first-order valence-corrected chi connectivity index (χ1v) is 5.86. The third-order valence-corrected chi connectivity index (χ3v) is 3.74. The van der Waals surface area contributed by atoms with E-state index in [1.807, 2.05) is 0 Å². The average Bonchev–Trinajstić information content (AvgIpc) is 2.66. The van der Waals surface area contributed by atoms with Gasteiger partial charge in [0.15, 0.2) is 0 Å². The number of hydrogen-bond acceptors (Lipinski definition) is 3. The minimum atomic E-state index is -4.37. The number of esters is 1. The Morgan fingerprint density at radius 2 is 1.82 bits per heavy atom. The summed E-state index contributed by atoms with van der Waals surface area (Å²) in [4.78, 5) is 11.3. The molecule has 0 atom stereocenters. The van der Waals surface area contributed by atoms with Gasteiger partial charge in [-0.25, -0.2) is 0 Å². The normalized spacial score (nSPS) is 12.6. The Kier molecular flexibility index (Phi) is 3.86. The van der Waals surface area contributed by atoms with Crippen molar-refractivity contribution >= 4 is 17.3 Å². The van der Waals surface area contributed by atoms with E-state index in [9.17, 15) is 18.0 Å². The van der Waals surface area contributed by atoms with Crippen LogP contribution in [0, 0.1) is 0 Å². The number of alkyl halides is 3. The summed E-state index contributed by atoms with van der Waals surface area (Å²) in [6, 6.07) is 2.31. The minimum Gasteiger partial charge on any atom is -0.465 e. The molecule has 0 spiro atoms. The second-order valence-electron chi connectivity index (χ2n) is 4.01. The highest BCUT2D eigenvalue weighted by molar-refractivity contribution is 7.12. The van der Waals surface area contributed by atoms with Crippen LogP contribution >= 0.6 is 11.3 Å². The first-order chi connectivity index (χ1) is 7.69. The SMILES string of the molecule is CCOC(=O)C(C)(C)c1ccc(C(F)(F)F)s1. The molecule has 0 aromatic carbocycles. The largest absolute Gasteiger partial charge is 0.465 e. The topological polar surface area (TPSA) is 26.3 Å². The molecule has 2 nitrogen and oxygen atoms in total. The van der Waals surface area contributed by atoms with E-state index in [-0.39, 0.29) is 6.61 Å². The van der Waals surface area contributed by atoms with Gasteiger partial charge in [0, 0.05) is 4.88 Å². The van der Waals surface area contributed by atoms with Crippen molar-refractivity contribution in [3.63, 3.8) is 0 Å². The summed E-state index contributed by atoms with van der Waals surface area (Å²) in [5.41, 5.74) is -1.05. The van der Waals surface area contributed by atoms with Gasteiger partial charge in [-0.15, -0.1) is 11.3 Å². The fraction of sp³-hybridized carbons (Fsp3) is 0.545. The maximum Gasteiger partial charge on any atom is 0.425 e. The van der Waals surface area contributed by atoms with Gasteiger partial charge in [0.1, 0.15) is 4.88 Å². The van der Waals surface area contributed by atoms with E-state index in [2.05, 4.69) is 0 Å². The summed E-state index contributed by atoms with van der Waals surface area (Å²) >= 11 is 0.575. The van der Waals surface area contributed by atoms with Crippen LogP contribution < -0.4 is 0 Å². The highest BCUT2D eigenvalue weighted by atomic mass is 32.1. The first-order valence-electron chi connectivity index (χ1n) is 5.04. The van der Waals surface area contributed by atoms with Crippen LogP contribution in [-0.2, 0) is 21.1 Å². The van der Waals surface area contributed by atoms with Crippen LogP contribution in [0.4, 0.5) is 13.2 Å². The molecule has 0 bridgehead atoms. The number of carbonyl (C=O) groups excluding carboxylic acids is 1. The molecule has 96 valence electrons. The zero-order valence-corrected chi connectivity index (χ0v) is 10.5. The summed E-state index contributed by atoms with van der Waals surface area (Å²) in [5.74, 6) is -0.518. The van der Waals surface area contributed by atoms with E-state index in [4.69, 9.17) is 4.74 Å². The Labute approximate surface area is 101 Å². The maximum absolute atomic E-state index is 12.4. The van der Waals surface area contributed by atoms with Gasteiger partial charge in [0.2, 0.25) is 0 Å². The van der Waals surface area contributed by atoms with Gasteiger partial charge < -0.3 is 4.74 Å². The standard InChI is InChI=1S/C11H13F3O2S/c1-4-16-9(15)10(2,3)7-5-6-8(17-7)11(12,13)14/h5-6H,4H2,1-3H3. The third-order valence-electron chi connectivity index (χ3n) is 2.29. The molecule has 0 unspecified atom stereocenters. The van der Waals surface area contributed by atoms with E-state index < -0.39 is 22.4 Å². The van der Waals surface area contributed by atoms with Crippen LogP contribution in [0.1, 0.15) is 30.5 Å². The number of thiophene rings is 1. The average molecular weight is 266 g/mol. The van der Waals surface area contributed by atoms with Crippen LogP contribution in [0.3, 0.4) is 0 Å². The molecule has 0 aliphatic rings. The van der Waals surface area contributed by atoms with E-state index >= 15 is 0 Å². The third kappa shape index (κ3) is 3.00. The van der Waals surface area contributed by atoms with E-state index in [1.54, 1.807) is 20.8 Å². The molecule has 1 aromatic heterocycles. The summed E-state index contributed by atoms with van der Waals surface area (Å²) in [6.07, 6.45) is -4.37. The molecule has 0 N–H and O–H groups in total. The van der Waals surface area contributed by atoms with Crippen LogP contribution in [0.25, 0.3) is 0 Å². The fourth-order valence-corrected chi connectivity index (χ4v) is 2.20. The zero-order valence-electron chi connectivity index (χ0n) is 9.72. The zero-order chi connectivity index (χ0) is 13.3. The molecule has 0 aliphatic heterocycles. The summed E-state index contributed by atoms with van der Waals surface area (Å²) in [6.45, 7) is 4.97. The van der Waals surface area contributed by atoms with Crippen molar-refractivity contribution in [1.82, 2.24) is 0 Å². The summed E-state index contributed by atoms with van der Waals surface area (Å²) < 4.78 is 42.1. The second kappa shape index (κ2) is 4.68. The predicted octanol–water partition coefficient (Wildman–Crippen LogP) is 3.61. The molecule has 17 heavy (non-hydrogen) atoms. The molecule has 1 heterocycles. The Bertz CT molecular complexity index is 407. The van der Waals surface area contributed by atoms with Crippen LogP contribution in [0.15, 0.2) is 12.1 Å². The van der Waals surface area contributed by atoms with Crippen molar-refractivity contribution in [3.8, 4) is 0 Å². The van der Waals surface area contributed by atoms with Crippen molar-refractivity contribution in [2.45, 2.75) is 32.4 Å². The van der Waals surface area contributed by atoms with Gasteiger partial charge in [-0.05, 0) is 32.9 Å². The Balaban J connectivity index is 3.00. The number of hydrogen-bond donors (Lipinski definition) is 0. The number of halogens is 3. The smallest absolute Gasteiger partial charge is 0.425 e. The summed E-state index contributed by atoms with van der Waals surface area (Å²) in [5, 5.41) is 0. The highest BCUT2D eigenvalue weighted by Crippen LogP contribution is 2.39. The molecular formula is C11H13F3O2S. The number of rotatable bonds is 3.